The van der Waals surface area contributed by atoms with Crippen LogP contribution in [0.25, 0.3) is 11.0 Å². The number of aromatic nitrogens is 2. The molecule has 4 rings (SSSR count). The third-order valence-electron chi connectivity index (χ3n) is 5.03. The van der Waals surface area contributed by atoms with Gasteiger partial charge in [0.25, 0.3) is 0 Å². The molecule has 1 heterocycles. The van der Waals surface area contributed by atoms with E-state index in [1.54, 1.807) is 7.11 Å². The Morgan fingerprint density at radius 2 is 1.70 bits per heavy atom. The van der Waals surface area contributed by atoms with E-state index in [-0.39, 0.29) is 0 Å². The van der Waals surface area contributed by atoms with E-state index in [0.717, 1.165) is 59.9 Å². The summed E-state index contributed by atoms with van der Waals surface area (Å²) in [6.45, 7) is 2.23. The van der Waals surface area contributed by atoms with Crippen molar-refractivity contribution in [3.63, 3.8) is 0 Å². The molecule has 0 saturated heterocycles. The minimum Gasteiger partial charge on any atom is -0.493 e. The second kappa shape index (κ2) is 9.94. The fourth-order valence-electron chi connectivity index (χ4n) is 3.43. The van der Waals surface area contributed by atoms with E-state index < -0.39 is 0 Å². The van der Waals surface area contributed by atoms with Crippen LogP contribution in [0, 0.1) is 0 Å². The van der Waals surface area contributed by atoms with Gasteiger partial charge in [-0.3, -0.25) is 0 Å². The largest absolute Gasteiger partial charge is 0.493 e. The summed E-state index contributed by atoms with van der Waals surface area (Å²) in [5.74, 6) is 2.54. The monoisotopic (exact) mass is 401 g/mol. The third kappa shape index (κ3) is 5.19. The lowest BCUT2D eigenvalue weighted by Crippen LogP contribution is -2.17. The molecule has 0 aliphatic carbocycles. The number of rotatable bonds is 10. The van der Waals surface area contributed by atoms with Gasteiger partial charge in [-0.25, -0.2) is 4.98 Å². The molecule has 3 aromatic carbocycles. The number of H-pyrrole nitrogens is 1. The van der Waals surface area contributed by atoms with Crippen molar-refractivity contribution in [1.29, 1.82) is 0 Å². The SMILES string of the molecule is COc1cc(CNCCc2nc3ccccc3[nH]2)ccc1OCCc1ccccc1. The number of imidazole rings is 1. The summed E-state index contributed by atoms with van der Waals surface area (Å²) in [5.41, 5.74) is 4.52. The topological polar surface area (TPSA) is 59.2 Å². The first kappa shape index (κ1) is 20.0. The average Bonchev–Trinajstić information content (AvgIpc) is 3.21. The molecule has 0 unspecified atom stereocenters. The molecule has 154 valence electrons. The Labute approximate surface area is 177 Å². The fraction of sp³-hybridized carbons (Fsp3) is 0.240. The van der Waals surface area contributed by atoms with Crippen molar-refractivity contribution < 1.29 is 9.47 Å². The van der Waals surface area contributed by atoms with Gasteiger partial charge in [-0.1, -0.05) is 48.5 Å². The van der Waals surface area contributed by atoms with Crippen molar-refractivity contribution in [3.8, 4) is 11.5 Å². The molecule has 5 heteroatoms. The molecular weight excluding hydrogens is 374 g/mol. The van der Waals surface area contributed by atoms with Gasteiger partial charge in [-0.2, -0.15) is 0 Å². The van der Waals surface area contributed by atoms with Crippen LogP contribution in [0.4, 0.5) is 0 Å². The van der Waals surface area contributed by atoms with Crippen LogP contribution in [0.5, 0.6) is 11.5 Å². The summed E-state index contributed by atoms with van der Waals surface area (Å²) in [4.78, 5) is 7.98. The van der Waals surface area contributed by atoms with Gasteiger partial charge < -0.3 is 19.8 Å². The zero-order valence-electron chi connectivity index (χ0n) is 17.2. The first-order valence-electron chi connectivity index (χ1n) is 10.3. The van der Waals surface area contributed by atoms with Gasteiger partial charge in [-0.05, 0) is 35.4 Å². The molecule has 5 nitrogen and oxygen atoms in total. The van der Waals surface area contributed by atoms with Gasteiger partial charge in [0.1, 0.15) is 5.82 Å². The fourth-order valence-corrected chi connectivity index (χ4v) is 3.43. The first-order chi connectivity index (χ1) is 14.8. The minimum atomic E-state index is 0.621. The van der Waals surface area contributed by atoms with E-state index in [1.165, 1.54) is 5.56 Å². The first-order valence-corrected chi connectivity index (χ1v) is 10.3. The van der Waals surface area contributed by atoms with Gasteiger partial charge in [0.2, 0.25) is 0 Å². The molecule has 0 aliphatic heterocycles. The van der Waals surface area contributed by atoms with Gasteiger partial charge in [0.15, 0.2) is 11.5 Å². The van der Waals surface area contributed by atoms with E-state index in [4.69, 9.17) is 9.47 Å². The average molecular weight is 402 g/mol. The Kier molecular flexibility index (Phi) is 6.62. The predicted octanol–water partition coefficient (Wildman–Crippen LogP) is 4.53. The minimum absolute atomic E-state index is 0.621. The number of benzene rings is 3. The van der Waals surface area contributed by atoms with Crippen LogP contribution in [-0.4, -0.2) is 30.2 Å². The Hall–Kier alpha value is -3.31. The molecule has 0 atom stereocenters. The van der Waals surface area contributed by atoms with Crippen molar-refractivity contribution in [2.24, 2.45) is 0 Å². The molecule has 30 heavy (non-hydrogen) atoms. The van der Waals surface area contributed by atoms with Gasteiger partial charge in [0, 0.05) is 25.9 Å². The predicted molar refractivity (Wildman–Crippen MR) is 120 cm³/mol. The van der Waals surface area contributed by atoms with Crippen LogP contribution in [0.2, 0.25) is 0 Å². The maximum atomic E-state index is 5.94. The lowest BCUT2D eigenvalue weighted by atomic mass is 10.1. The molecule has 0 amide bonds. The summed E-state index contributed by atoms with van der Waals surface area (Å²) in [6.07, 6.45) is 1.72. The highest BCUT2D eigenvalue weighted by molar-refractivity contribution is 5.74. The summed E-state index contributed by atoms with van der Waals surface area (Å²) in [6, 6.07) is 24.5. The van der Waals surface area contributed by atoms with Crippen LogP contribution in [0.15, 0.2) is 72.8 Å². The zero-order chi connectivity index (χ0) is 20.6. The van der Waals surface area contributed by atoms with Crippen molar-refractivity contribution in [1.82, 2.24) is 15.3 Å². The highest BCUT2D eigenvalue weighted by Gasteiger charge is 2.07. The molecule has 2 N–H and O–H groups in total. The lowest BCUT2D eigenvalue weighted by Gasteiger charge is -2.13. The summed E-state index contributed by atoms with van der Waals surface area (Å²) in [5, 5.41) is 3.47. The van der Waals surface area contributed by atoms with E-state index in [1.807, 2.05) is 48.5 Å². The van der Waals surface area contributed by atoms with Crippen molar-refractivity contribution in [2.75, 3.05) is 20.3 Å². The molecule has 0 spiro atoms. The number of para-hydroxylation sites is 2. The van der Waals surface area contributed by atoms with Crippen LogP contribution >= 0.6 is 0 Å². The van der Waals surface area contributed by atoms with Crippen molar-refractivity contribution in [3.05, 3.63) is 89.7 Å². The van der Waals surface area contributed by atoms with E-state index in [0.29, 0.717) is 6.61 Å². The number of hydrogen-bond acceptors (Lipinski definition) is 4. The number of nitrogens with zero attached hydrogens (tertiary/aromatic N) is 1. The maximum absolute atomic E-state index is 5.94. The molecule has 0 radical (unpaired) electrons. The summed E-state index contributed by atoms with van der Waals surface area (Å²) < 4.78 is 11.5. The Bertz CT molecular complexity index is 1040. The number of aromatic amines is 1. The number of ether oxygens (including phenoxy) is 2. The Morgan fingerprint density at radius 3 is 2.53 bits per heavy atom. The molecule has 4 aromatic rings. The van der Waals surface area contributed by atoms with Crippen LogP contribution in [0.1, 0.15) is 17.0 Å². The maximum Gasteiger partial charge on any atom is 0.161 e. The molecule has 0 saturated carbocycles. The summed E-state index contributed by atoms with van der Waals surface area (Å²) in [7, 11) is 1.68. The van der Waals surface area contributed by atoms with Gasteiger partial charge >= 0.3 is 0 Å². The van der Waals surface area contributed by atoms with Crippen molar-refractivity contribution >= 4 is 11.0 Å². The third-order valence-corrected chi connectivity index (χ3v) is 5.03. The normalized spacial score (nSPS) is 11.0. The van der Waals surface area contributed by atoms with E-state index in [2.05, 4.69) is 39.6 Å². The highest BCUT2D eigenvalue weighted by Crippen LogP contribution is 2.28. The molecule has 0 aliphatic rings. The standard InChI is InChI=1S/C25H27N3O2/c1-29-24-17-20(11-12-23(24)30-16-14-19-7-3-2-4-8-19)18-26-15-13-25-27-21-9-5-6-10-22(21)28-25/h2-12,17,26H,13-16,18H2,1H3,(H,27,28). The van der Waals surface area contributed by atoms with Gasteiger partial charge in [0.05, 0.1) is 24.8 Å². The lowest BCUT2D eigenvalue weighted by molar-refractivity contribution is 0.297. The van der Waals surface area contributed by atoms with Crippen molar-refractivity contribution in [2.45, 2.75) is 19.4 Å². The van der Waals surface area contributed by atoms with Crippen LogP contribution < -0.4 is 14.8 Å². The number of methoxy groups -OCH3 is 1. The highest BCUT2D eigenvalue weighted by atomic mass is 16.5. The molecule has 0 fully saturated rings. The number of nitrogens with one attached hydrogen (secondary N) is 2. The van der Waals surface area contributed by atoms with E-state index >= 15 is 0 Å². The molecular formula is C25H27N3O2. The number of fused-ring (bicyclic) bond motifs is 1. The summed E-state index contributed by atoms with van der Waals surface area (Å²) >= 11 is 0. The van der Waals surface area contributed by atoms with Crippen LogP contribution in [-0.2, 0) is 19.4 Å². The molecule has 1 aromatic heterocycles. The Morgan fingerprint density at radius 1 is 0.867 bits per heavy atom. The number of hydrogen-bond donors (Lipinski definition) is 2. The second-order valence-corrected chi connectivity index (χ2v) is 7.20. The zero-order valence-corrected chi connectivity index (χ0v) is 17.2. The van der Waals surface area contributed by atoms with Gasteiger partial charge in [-0.15, -0.1) is 0 Å². The Balaban J connectivity index is 1.25. The molecule has 0 bridgehead atoms. The quantitative estimate of drug-likeness (QED) is 0.384. The second-order valence-electron chi connectivity index (χ2n) is 7.20. The van der Waals surface area contributed by atoms with E-state index in [9.17, 15) is 0 Å². The van der Waals surface area contributed by atoms with Crippen LogP contribution in [0.3, 0.4) is 0 Å². The smallest absolute Gasteiger partial charge is 0.161 e.